The van der Waals surface area contributed by atoms with Crippen LogP contribution in [0, 0.1) is 0 Å². The first-order valence-corrected chi connectivity index (χ1v) is 12.6. The first-order chi connectivity index (χ1) is 17.4. The van der Waals surface area contributed by atoms with E-state index in [9.17, 15) is 9.90 Å². The molecule has 1 saturated heterocycles. The minimum absolute atomic E-state index is 0.0984. The summed E-state index contributed by atoms with van der Waals surface area (Å²) in [5.41, 5.74) is 4.56. The van der Waals surface area contributed by atoms with Crippen LogP contribution in [0.5, 0.6) is 0 Å². The Morgan fingerprint density at radius 1 is 1.08 bits per heavy atom. The first-order valence-electron chi connectivity index (χ1n) is 12.6. The molecule has 2 aromatic heterocycles. The summed E-state index contributed by atoms with van der Waals surface area (Å²) < 4.78 is 9.77. The fraction of sp³-hybridized carbons (Fsp3) is 0.393. The van der Waals surface area contributed by atoms with Gasteiger partial charge in [0.2, 0.25) is 0 Å². The highest BCUT2D eigenvalue weighted by Crippen LogP contribution is 2.33. The van der Waals surface area contributed by atoms with Gasteiger partial charge in [-0.15, -0.1) is 0 Å². The Labute approximate surface area is 211 Å². The number of hydrogen-bond donors (Lipinski definition) is 1. The van der Waals surface area contributed by atoms with E-state index in [1.165, 1.54) is 12.8 Å². The Hall–Kier alpha value is -3.65. The monoisotopic (exact) mass is 487 g/mol. The van der Waals surface area contributed by atoms with Crippen LogP contribution in [0.2, 0.25) is 0 Å². The number of aliphatic carboxylic acids is 1. The molecule has 0 spiro atoms. The summed E-state index contributed by atoms with van der Waals surface area (Å²) >= 11 is 0. The van der Waals surface area contributed by atoms with Crippen molar-refractivity contribution in [3.8, 4) is 16.9 Å². The lowest BCUT2D eigenvalue weighted by atomic mass is 10.1. The van der Waals surface area contributed by atoms with E-state index in [0.717, 1.165) is 59.6 Å². The van der Waals surface area contributed by atoms with Gasteiger partial charge >= 0.3 is 5.97 Å². The van der Waals surface area contributed by atoms with Crippen LogP contribution >= 0.6 is 0 Å². The van der Waals surface area contributed by atoms with Gasteiger partial charge in [0.1, 0.15) is 0 Å². The number of ether oxygens (including phenoxy) is 1. The molecular weight excluding hydrogens is 454 g/mol. The van der Waals surface area contributed by atoms with Crippen molar-refractivity contribution in [2.45, 2.75) is 58.8 Å². The minimum Gasteiger partial charge on any atom is -0.479 e. The number of rotatable bonds is 9. The topological polar surface area (TPSA) is 85.4 Å². The minimum atomic E-state index is -1.30. The Morgan fingerprint density at radius 3 is 2.56 bits per heavy atom. The normalized spacial score (nSPS) is 14.1. The van der Waals surface area contributed by atoms with E-state index in [-0.39, 0.29) is 6.61 Å². The Morgan fingerprint density at radius 2 is 1.83 bits per heavy atom. The van der Waals surface area contributed by atoms with Gasteiger partial charge in [-0.1, -0.05) is 31.2 Å². The average molecular weight is 488 g/mol. The highest BCUT2D eigenvalue weighted by atomic mass is 16.5. The number of anilines is 1. The van der Waals surface area contributed by atoms with Crippen molar-refractivity contribution in [3.63, 3.8) is 0 Å². The molecule has 0 bridgehead atoms. The third-order valence-corrected chi connectivity index (χ3v) is 6.79. The SMILES string of the molecule is CCCn1ncc2ccc(-c3cc(COC(C)(C)C(=O)O)nn3-c3ccccc3N3CCCC3)cc21. The lowest BCUT2D eigenvalue weighted by Gasteiger charge is -2.22. The Bertz CT molecular complexity index is 1380. The van der Waals surface area contributed by atoms with Crippen LogP contribution in [0.3, 0.4) is 0 Å². The predicted octanol–water partition coefficient (Wildman–Crippen LogP) is 5.28. The summed E-state index contributed by atoms with van der Waals surface area (Å²) in [7, 11) is 0. The molecule has 0 saturated carbocycles. The van der Waals surface area contributed by atoms with E-state index in [1.54, 1.807) is 13.8 Å². The van der Waals surface area contributed by atoms with Crippen molar-refractivity contribution in [3.05, 3.63) is 60.4 Å². The van der Waals surface area contributed by atoms with E-state index in [2.05, 4.69) is 53.3 Å². The number of aryl methyl sites for hydroxylation is 1. The summed E-state index contributed by atoms with van der Waals surface area (Å²) in [6, 6.07) is 16.7. The number of carbonyl (C=O) groups is 1. The maximum atomic E-state index is 11.6. The van der Waals surface area contributed by atoms with E-state index >= 15 is 0 Å². The van der Waals surface area contributed by atoms with E-state index in [4.69, 9.17) is 9.84 Å². The molecule has 0 radical (unpaired) electrons. The number of para-hydroxylation sites is 2. The molecule has 5 rings (SSSR count). The molecule has 1 aliphatic heterocycles. The van der Waals surface area contributed by atoms with Gasteiger partial charge in [-0.2, -0.15) is 10.2 Å². The van der Waals surface area contributed by atoms with Gasteiger partial charge in [0.15, 0.2) is 5.60 Å². The third kappa shape index (κ3) is 4.60. The van der Waals surface area contributed by atoms with Crippen molar-refractivity contribution in [1.29, 1.82) is 0 Å². The van der Waals surface area contributed by atoms with Crippen LogP contribution in [0.25, 0.3) is 27.8 Å². The molecule has 36 heavy (non-hydrogen) atoms. The maximum Gasteiger partial charge on any atom is 0.335 e. The van der Waals surface area contributed by atoms with E-state index in [0.29, 0.717) is 5.69 Å². The van der Waals surface area contributed by atoms with Gasteiger partial charge in [0, 0.05) is 30.6 Å². The van der Waals surface area contributed by atoms with Gasteiger partial charge < -0.3 is 14.7 Å². The van der Waals surface area contributed by atoms with Crippen LogP contribution in [0.15, 0.2) is 54.7 Å². The molecule has 0 unspecified atom stereocenters. The fourth-order valence-corrected chi connectivity index (χ4v) is 4.69. The largest absolute Gasteiger partial charge is 0.479 e. The van der Waals surface area contributed by atoms with Crippen LogP contribution in [0.4, 0.5) is 5.69 Å². The van der Waals surface area contributed by atoms with Crippen molar-refractivity contribution < 1.29 is 14.6 Å². The molecule has 0 atom stereocenters. The number of benzene rings is 2. The molecule has 0 amide bonds. The van der Waals surface area contributed by atoms with E-state index < -0.39 is 11.6 Å². The Balaban J connectivity index is 1.61. The van der Waals surface area contributed by atoms with Crippen molar-refractivity contribution in [2.75, 3.05) is 18.0 Å². The second-order valence-electron chi connectivity index (χ2n) is 9.86. The zero-order valence-electron chi connectivity index (χ0n) is 21.1. The lowest BCUT2D eigenvalue weighted by molar-refractivity contribution is -0.162. The van der Waals surface area contributed by atoms with Gasteiger partial charge in [0.05, 0.1) is 41.1 Å². The zero-order valence-corrected chi connectivity index (χ0v) is 21.1. The lowest BCUT2D eigenvalue weighted by Crippen LogP contribution is -2.34. The predicted molar refractivity (Wildman–Crippen MR) is 141 cm³/mol. The summed E-state index contributed by atoms with van der Waals surface area (Å²) in [5.74, 6) is -1.00. The quantitative estimate of drug-likeness (QED) is 0.346. The number of fused-ring (bicyclic) bond motifs is 1. The average Bonchev–Trinajstić information content (AvgIpc) is 3.63. The van der Waals surface area contributed by atoms with Gasteiger partial charge in [-0.05, 0) is 57.4 Å². The van der Waals surface area contributed by atoms with Crippen molar-refractivity contribution in [2.24, 2.45) is 0 Å². The smallest absolute Gasteiger partial charge is 0.335 e. The molecule has 2 aromatic carbocycles. The van der Waals surface area contributed by atoms with Crippen molar-refractivity contribution >= 4 is 22.6 Å². The van der Waals surface area contributed by atoms with E-state index in [1.807, 2.05) is 27.7 Å². The summed E-state index contributed by atoms with van der Waals surface area (Å²) in [6.45, 7) is 8.26. The number of carboxylic acid groups (broad SMARTS) is 1. The number of aromatic nitrogens is 4. The molecule has 1 fully saturated rings. The molecule has 1 aliphatic rings. The zero-order chi connectivity index (χ0) is 25.3. The molecule has 3 heterocycles. The van der Waals surface area contributed by atoms with Crippen LogP contribution in [-0.4, -0.2) is 49.3 Å². The second-order valence-corrected chi connectivity index (χ2v) is 9.86. The molecule has 0 aliphatic carbocycles. The number of hydrogen-bond acceptors (Lipinski definition) is 5. The number of nitrogens with zero attached hydrogens (tertiary/aromatic N) is 5. The molecular formula is C28H33N5O3. The van der Waals surface area contributed by atoms with Gasteiger partial charge in [0.25, 0.3) is 0 Å². The summed E-state index contributed by atoms with van der Waals surface area (Å²) in [5, 5.41) is 20.1. The Kier molecular flexibility index (Phi) is 6.53. The molecule has 4 aromatic rings. The number of carboxylic acids is 1. The maximum absolute atomic E-state index is 11.6. The van der Waals surface area contributed by atoms with Gasteiger partial charge in [-0.25, -0.2) is 9.48 Å². The standard InChI is InChI=1S/C28H33N5O3/c1-4-13-32-25-16-20(11-12-21(25)18-29-32)26-17-22(19-36-28(2,3)27(34)35)30-33(26)24-10-6-5-9-23(24)31-14-7-8-15-31/h5-6,9-12,16-18H,4,7-8,13-15,19H2,1-3H3,(H,34,35). The summed E-state index contributed by atoms with van der Waals surface area (Å²) in [4.78, 5) is 14.0. The fourth-order valence-electron chi connectivity index (χ4n) is 4.69. The second kappa shape index (κ2) is 9.78. The summed E-state index contributed by atoms with van der Waals surface area (Å²) in [6.07, 6.45) is 5.27. The molecule has 8 nitrogen and oxygen atoms in total. The van der Waals surface area contributed by atoms with Crippen LogP contribution in [-0.2, 0) is 22.7 Å². The highest BCUT2D eigenvalue weighted by Gasteiger charge is 2.29. The van der Waals surface area contributed by atoms with Crippen LogP contribution in [0.1, 0.15) is 45.7 Å². The third-order valence-electron chi connectivity index (χ3n) is 6.79. The molecule has 1 N–H and O–H groups in total. The van der Waals surface area contributed by atoms with Crippen molar-refractivity contribution in [1.82, 2.24) is 19.6 Å². The van der Waals surface area contributed by atoms with Gasteiger partial charge in [-0.3, -0.25) is 4.68 Å². The first kappa shape index (κ1) is 24.1. The highest BCUT2D eigenvalue weighted by molar-refractivity contribution is 5.84. The molecule has 188 valence electrons. The molecule has 8 heteroatoms. The van der Waals surface area contributed by atoms with Crippen LogP contribution < -0.4 is 4.90 Å².